The molecule has 100 valence electrons. The number of aromatic nitrogens is 1. The van der Waals surface area contributed by atoms with Crippen molar-refractivity contribution in [1.29, 1.82) is 0 Å². The summed E-state index contributed by atoms with van der Waals surface area (Å²) in [6.45, 7) is 2.11. The van der Waals surface area contributed by atoms with Gasteiger partial charge < -0.3 is 10.4 Å². The summed E-state index contributed by atoms with van der Waals surface area (Å²) in [5.74, 6) is -0.855. The maximum Gasteiger partial charge on any atom is 0.309 e. The molecule has 0 radical (unpaired) electrons. The lowest BCUT2D eigenvalue weighted by Gasteiger charge is -2.16. The van der Waals surface area contributed by atoms with Crippen LogP contribution < -0.4 is 5.32 Å². The summed E-state index contributed by atoms with van der Waals surface area (Å²) in [6, 6.07) is 10.4. The maximum absolute atomic E-state index is 10.6. The third kappa shape index (κ3) is 3.79. The molecule has 0 aliphatic carbocycles. The molecule has 2 N–H and O–H groups in total. The van der Waals surface area contributed by atoms with Crippen molar-refractivity contribution in [2.75, 3.05) is 5.32 Å². The Balaban J connectivity index is 2.06. The number of carbonyl (C=O) groups is 1. The van der Waals surface area contributed by atoms with Crippen molar-refractivity contribution >= 4 is 22.4 Å². The molecule has 0 saturated carbocycles. The van der Waals surface area contributed by atoms with Gasteiger partial charge >= 0.3 is 5.97 Å². The Morgan fingerprint density at radius 3 is 2.79 bits per heavy atom. The van der Waals surface area contributed by atoms with Crippen LogP contribution in [0.25, 0.3) is 0 Å². The van der Waals surface area contributed by atoms with E-state index in [4.69, 9.17) is 5.11 Å². The predicted molar refractivity (Wildman–Crippen MR) is 76.6 cm³/mol. The van der Waals surface area contributed by atoms with E-state index in [9.17, 15) is 4.79 Å². The van der Waals surface area contributed by atoms with E-state index < -0.39 is 5.97 Å². The lowest BCUT2D eigenvalue weighted by Crippen LogP contribution is -2.09. The first-order valence-electron chi connectivity index (χ1n) is 6.16. The number of carboxylic acid groups (broad SMARTS) is 1. The van der Waals surface area contributed by atoms with Gasteiger partial charge in [0.1, 0.15) is 0 Å². The molecule has 19 heavy (non-hydrogen) atoms. The summed E-state index contributed by atoms with van der Waals surface area (Å²) in [5.41, 5.74) is 1.81. The zero-order valence-corrected chi connectivity index (χ0v) is 11.5. The van der Waals surface area contributed by atoms with Crippen molar-refractivity contribution in [3.8, 4) is 0 Å². The van der Waals surface area contributed by atoms with Crippen LogP contribution in [0, 0.1) is 0 Å². The van der Waals surface area contributed by atoms with E-state index in [0.717, 1.165) is 11.6 Å². The summed E-state index contributed by atoms with van der Waals surface area (Å²) in [6.07, 6.45) is 0.915. The largest absolute Gasteiger partial charge is 0.481 e. The number of hydrogen-bond donors (Lipinski definition) is 2. The highest BCUT2D eigenvalue weighted by molar-refractivity contribution is 7.13. The molecule has 1 aromatic heterocycles. The van der Waals surface area contributed by atoms with Crippen LogP contribution in [-0.2, 0) is 11.2 Å². The van der Waals surface area contributed by atoms with E-state index in [2.05, 4.69) is 29.4 Å². The van der Waals surface area contributed by atoms with E-state index >= 15 is 0 Å². The Morgan fingerprint density at radius 1 is 1.42 bits per heavy atom. The van der Waals surface area contributed by atoms with Crippen LogP contribution in [0.3, 0.4) is 0 Å². The van der Waals surface area contributed by atoms with Crippen LogP contribution in [0.15, 0.2) is 35.7 Å². The normalized spacial score (nSPS) is 12.1. The van der Waals surface area contributed by atoms with Gasteiger partial charge in [-0.25, -0.2) is 4.98 Å². The predicted octanol–water partition coefficient (Wildman–Crippen LogP) is 3.33. The van der Waals surface area contributed by atoms with Gasteiger partial charge in [-0.3, -0.25) is 4.79 Å². The number of nitrogens with one attached hydrogen (secondary N) is 1. The number of hydrogen-bond acceptors (Lipinski definition) is 4. The fourth-order valence-electron chi connectivity index (χ4n) is 1.86. The third-order valence-corrected chi connectivity index (χ3v) is 3.61. The quantitative estimate of drug-likeness (QED) is 0.849. The van der Waals surface area contributed by atoms with Gasteiger partial charge in [0.2, 0.25) is 0 Å². The SMILES string of the molecule is CCC(Nc1nc(CC(=O)O)cs1)c1ccccc1. The topological polar surface area (TPSA) is 62.2 Å². The molecular formula is C14H16N2O2S. The molecule has 1 aromatic carbocycles. The first-order chi connectivity index (χ1) is 9.19. The second kappa shape index (κ2) is 6.33. The van der Waals surface area contributed by atoms with E-state index in [0.29, 0.717) is 5.69 Å². The second-order valence-corrected chi connectivity index (χ2v) is 5.09. The van der Waals surface area contributed by atoms with Gasteiger partial charge in [0.25, 0.3) is 0 Å². The summed E-state index contributed by atoms with van der Waals surface area (Å²) < 4.78 is 0. The van der Waals surface area contributed by atoms with Crippen LogP contribution in [0.5, 0.6) is 0 Å². The molecule has 1 heterocycles. The number of benzene rings is 1. The molecule has 2 aromatic rings. The molecular weight excluding hydrogens is 260 g/mol. The number of nitrogens with zero attached hydrogens (tertiary/aromatic N) is 1. The van der Waals surface area contributed by atoms with E-state index in [1.807, 2.05) is 18.2 Å². The Morgan fingerprint density at radius 2 is 2.16 bits per heavy atom. The lowest BCUT2D eigenvalue weighted by molar-refractivity contribution is -0.136. The van der Waals surface area contributed by atoms with Gasteiger partial charge in [0.05, 0.1) is 18.2 Å². The molecule has 0 saturated heterocycles. The second-order valence-electron chi connectivity index (χ2n) is 4.23. The first-order valence-corrected chi connectivity index (χ1v) is 7.04. The number of thiazole rings is 1. The molecule has 5 heteroatoms. The molecule has 0 aliphatic rings. The first kappa shape index (κ1) is 13.5. The number of anilines is 1. The standard InChI is InChI=1S/C14H16N2O2S/c1-2-12(10-6-4-3-5-7-10)16-14-15-11(9-19-14)8-13(17)18/h3-7,9,12H,2,8H2,1H3,(H,15,16)(H,17,18). The van der Waals surface area contributed by atoms with Crippen molar-refractivity contribution in [1.82, 2.24) is 4.98 Å². The van der Waals surface area contributed by atoms with Crippen LogP contribution >= 0.6 is 11.3 Å². The zero-order valence-electron chi connectivity index (χ0n) is 10.7. The highest BCUT2D eigenvalue weighted by Crippen LogP contribution is 2.24. The number of carboxylic acids is 1. The molecule has 0 aliphatic heterocycles. The van der Waals surface area contributed by atoms with Crippen molar-refractivity contribution in [3.63, 3.8) is 0 Å². The number of aliphatic carboxylic acids is 1. The zero-order chi connectivity index (χ0) is 13.7. The summed E-state index contributed by atoms with van der Waals surface area (Å²) in [5, 5.41) is 14.6. The minimum absolute atomic E-state index is 0.0275. The monoisotopic (exact) mass is 276 g/mol. The van der Waals surface area contributed by atoms with Crippen molar-refractivity contribution in [2.45, 2.75) is 25.8 Å². The molecule has 2 rings (SSSR count). The molecule has 0 fully saturated rings. The van der Waals surface area contributed by atoms with Gasteiger partial charge in [0.15, 0.2) is 5.13 Å². The summed E-state index contributed by atoms with van der Waals surface area (Å²) in [4.78, 5) is 14.9. The average molecular weight is 276 g/mol. The van der Waals surface area contributed by atoms with Gasteiger partial charge in [0, 0.05) is 5.38 Å². The van der Waals surface area contributed by atoms with Crippen molar-refractivity contribution < 1.29 is 9.90 Å². The van der Waals surface area contributed by atoms with Gasteiger partial charge in [-0.15, -0.1) is 11.3 Å². The maximum atomic E-state index is 10.6. The van der Waals surface area contributed by atoms with E-state index in [-0.39, 0.29) is 12.5 Å². The Labute approximate surface area is 116 Å². The number of rotatable bonds is 6. The Hall–Kier alpha value is -1.88. The fraction of sp³-hybridized carbons (Fsp3) is 0.286. The Kier molecular flexibility index (Phi) is 4.52. The molecule has 4 nitrogen and oxygen atoms in total. The van der Waals surface area contributed by atoms with Gasteiger partial charge in [-0.05, 0) is 12.0 Å². The van der Waals surface area contributed by atoms with Crippen LogP contribution in [0.1, 0.15) is 30.6 Å². The molecule has 1 atom stereocenters. The minimum Gasteiger partial charge on any atom is -0.481 e. The highest BCUT2D eigenvalue weighted by atomic mass is 32.1. The van der Waals surface area contributed by atoms with E-state index in [1.54, 1.807) is 5.38 Å². The minimum atomic E-state index is -0.855. The van der Waals surface area contributed by atoms with Gasteiger partial charge in [-0.1, -0.05) is 37.3 Å². The average Bonchev–Trinajstić information content (AvgIpc) is 2.83. The lowest BCUT2D eigenvalue weighted by atomic mass is 10.1. The third-order valence-electron chi connectivity index (χ3n) is 2.79. The molecule has 0 spiro atoms. The van der Waals surface area contributed by atoms with Crippen LogP contribution in [0.2, 0.25) is 0 Å². The molecule has 0 amide bonds. The molecule has 0 bridgehead atoms. The van der Waals surface area contributed by atoms with Crippen LogP contribution in [0.4, 0.5) is 5.13 Å². The summed E-state index contributed by atoms with van der Waals surface area (Å²) in [7, 11) is 0. The van der Waals surface area contributed by atoms with Crippen molar-refractivity contribution in [3.05, 3.63) is 47.0 Å². The summed E-state index contributed by atoms with van der Waals surface area (Å²) >= 11 is 1.44. The van der Waals surface area contributed by atoms with E-state index in [1.165, 1.54) is 16.9 Å². The molecule has 1 unspecified atom stereocenters. The van der Waals surface area contributed by atoms with Gasteiger partial charge in [-0.2, -0.15) is 0 Å². The van der Waals surface area contributed by atoms with Crippen molar-refractivity contribution in [2.24, 2.45) is 0 Å². The fourth-order valence-corrected chi connectivity index (χ4v) is 2.63. The van der Waals surface area contributed by atoms with Crippen LogP contribution in [-0.4, -0.2) is 16.1 Å². The highest BCUT2D eigenvalue weighted by Gasteiger charge is 2.11. The Bertz CT molecular complexity index is 539. The smallest absolute Gasteiger partial charge is 0.309 e.